The normalized spacial score (nSPS) is 10.8. The van der Waals surface area contributed by atoms with Crippen molar-refractivity contribution in [3.8, 4) is 0 Å². The molecule has 0 unspecified atom stereocenters. The molecule has 0 bridgehead atoms. The minimum Gasteiger partial charge on any atom is -0.373 e. The van der Waals surface area contributed by atoms with E-state index in [-0.39, 0.29) is 11.7 Å². The fourth-order valence-corrected chi connectivity index (χ4v) is 2.44. The number of nitrogens with one attached hydrogen (secondary N) is 1. The summed E-state index contributed by atoms with van der Waals surface area (Å²) in [6.07, 6.45) is 1.51. The lowest BCUT2D eigenvalue weighted by Gasteiger charge is -2.27. The Hall–Kier alpha value is -2.17. The van der Waals surface area contributed by atoms with Gasteiger partial charge < -0.3 is 10.2 Å². The molecule has 1 aromatic carbocycles. The molecule has 0 atom stereocenters. The van der Waals surface area contributed by atoms with Gasteiger partial charge in [-0.2, -0.15) is 0 Å². The van der Waals surface area contributed by atoms with Crippen molar-refractivity contribution in [1.82, 2.24) is 9.97 Å². The fourth-order valence-electron chi connectivity index (χ4n) is 2.44. The summed E-state index contributed by atoms with van der Waals surface area (Å²) in [6.45, 7) is 6.77. The zero-order valence-electron chi connectivity index (χ0n) is 12.9. The zero-order chi connectivity index (χ0) is 15.4. The van der Waals surface area contributed by atoms with E-state index in [0.717, 1.165) is 17.2 Å². The molecule has 0 saturated heterocycles. The van der Waals surface area contributed by atoms with E-state index in [9.17, 15) is 4.39 Å². The second kappa shape index (κ2) is 6.52. The Labute approximate surface area is 125 Å². The van der Waals surface area contributed by atoms with Crippen LogP contribution in [0.3, 0.4) is 0 Å². The molecule has 2 aromatic rings. The summed E-state index contributed by atoms with van der Waals surface area (Å²) in [6, 6.07) is 6.75. The molecule has 2 rings (SSSR count). The number of rotatable bonds is 5. The summed E-state index contributed by atoms with van der Waals surface area (Å²) in [5.74, 6) is 1.50. The predicted molar refractivity (Wildman–Crippen MR) is 84.7 cm³/mol. The number of benzene rings is 1. The molecule has 112 valence electrons. The average molecular weight is 288 g/mol. The molecule has 0 spiro atoms. The van der Waals surface area contributed by atoms with Crippen LogP contribution in [0.15, 0.2) is 30.6 Å². The summed E-state index contributed by atoms with van der Waals surface area (Å²) >= 11 is 0. The molecule has 0 aliphatic heterocycles. The Morgan fingerprint density at radius 3 is 2.52 bits per heavy atom. The van der Waals surface area contributed by atoms with Crippen LogP contribution in [0, 0.1) is 5.82 Å². The van der Waals surface area contributed by atoms with Gasteiger partial charge in [0.2, 0.25) is 0 Å². The maximum absolute atomic E-state index is 14.1. The van der Waals surface area contributed by atoms with Crippen LogP contribution >= 0.6 is 0 Å². The van der Waals surface area contributed by atoms with Crippen molar-refractivity contribution in [3.05, 3.63) is 42.0 Å². The minimum atomic E-state index is -0.251. The maximum Gasteiger partial charge on any atom is 0.146 e. The Morgan fingerprint density at radius 2 is 1.95 bits per heavy atom. The van der Waals surface area contributed by atoms with E-state index in [0.29, 0.717) is 12.2 Å². The molecule has 21 heavy (non-hydrogen) atoms. The van der Waals surface area contributed by atoms with Crippen LogP contribution < -0.4 is 10.2 Å². The first-order valence-electron chi connectivity index (χ1n) is 7.14. The summed E-state index contributed by atoms with van der Waals surface area (Å²) < 4.78 is 14.1. The number of hydrogen-bond donors (Lipinski definition) is 1. The minimum absolute atomic E-state index is 0.226. The van der Waals surface area contributed by atoms with E-state index in [4.69, 9.17) is 0 Å². The number of para-hydroxylation sites is 1. The Morgan fingerprint density at radius 1 is 1.24 bits per heavy atom. The van der Waals surface area contributed by atoms with Gasteiger partial charge in [-0.05, 0) is 25.0 Å². The highest BCUT2D eigenvalue weighted by Gasteiger charge is 2.21. The Kier molecular flexibility index (Phi) is 4.73. The van der Waals surface area contributed by atoms with Gasteiger partial charge in [-0.15, -0.1) is 0 Å². The molecule has 0 amide bonds. The lowest BCUT2D eigenvalue weighted by molar-refractivity contribution is 0.624. The number of aromatic nitrogens is 2. The van der Waals surface area contributed by atoms with Crippen molar-refractivity contribution in [1.29, 1.82) is 0 Å². The highest BCUT2D eigenvalue weighted by atomic mass is 19.1. The number of anilines is 3. The number of hydrogen-bond acceptors (Lipinski definition) is 4. The third-order valence-corrected chi connectivity index (χ3v) is 3.39. The molecule has 0 saturated carbocycles. The van der Waals surface area contributed by atoms with Gasteiger partial charge in [-0.1, -0.05) is 26.0 Å². The molecule has 5 heteroatoms. The molecule has 1 aromatic heterocycles. The summed E-state index contributed by atoms with van der Waals surface area (Å²) in [4.78, 5) is 10.6. The van der Waals surface area contributed by atoms with Gasteiger partial charge in [0.15, 0.2) is 0 Å². The highest BCUT2D eigenvalue weighted by Crippen LogP contribution is 2.35. The maximum atomic E-state index is 14.1. The van der Waals surface area contributed by atoms with Gasteiger partial charge in [0.05, 0.1) is 5.69 Å². The topological polar surface area (TPSA) is 41.1 Å². The van der Waals surface area contributed by atoms with Crippen LogP contribution in [0.25, 0.3) is 0 Å². The Balaban J connectivity index is 2.61. The highest BCUT2D eigenvalue weighted by molar-refractivity contribution is 5.68. The second-order valence-electron chi connectivity index (χ2n) is 5.06. The van der Waals surface area contributed by atoms with Crippen molar-refractivity contribution in [2.45, 2.75) is 26.7 Å². The Bertz CT molecular complexity index is 613. The van der Waals surface area contributed by atoms with E-state index >= 15 is 0 Å². The second-order valence-corrected chi connectivity index (χ2v) is 5.06. The zero-order valence-corrected chi connectivity index (χ0v) is 12.9. The lowest BCUT2D eigenvalue weighted by Crippen LogP contribution is -2.21. The third kappa shape index (κ3) is 2.96. The van der Waals surface area contributed by atoms with Crippen LogP contribution in [0.4, 0.5) is 21.7 Å². The molecule has 0 aliphatic rings. The number of nitrogens with zero attached hydrogens (tertiary/aromatic N) is 3. The molecule has 0 fully saturated rings. The summed E-state index contributed by atoms with van der Waals surface area (Å²) in [5, 5.41) is 3.09. The number of halogens is 1. The van der Waals surface area contributed by atoms with Crippen molar-refractivity contribution in [3.63, 3.8) is 0 Å². The lowest BCUT2D eigenvalue weighted by atomic mass is 10.0. The van der Waals surface area contributed by atoms with Gasteiger partial charge in [0.1, 0.15) is 23.8 Å². The molecule has 4 nitrogen and oxygen atoms in total. The van der Waals surface area contributed by atoms with Crippen molar-refractivity contribution < 1.29 is 4.39 Å². The fraction of sp³-hybridized carbons (Fsp3) is 0.375. The van der Waals surface area contributed by atoms with E-state index in [2.05, 4.69) is 29.1 Å². The smallest absolute Gasteiger partial charge is 0.146 e. The van der Waals surface area contributed by atoms with Crippen molar-refractivity contribution >= 4 is 17.3 Å². The molecule has 1 N–H and O–H groups in total. The van der Waals surface area contributed by atoms with Gasteiger partial charge in [0.25, 0.3) is 0 Å². The van der Waals surface area contributed by atoms with E-state index in [1.54, 1.807) is 12.1 Å². The van der Waals surface area contributed by atoms with E-state index in [1.807, 2.05) is 24.9 Å². The largest absolute Gasteiger partial charge is 0.373 e. The van der Waals surface area contributed by atoms with Crippen LogP contribution in [0.1, 0.15) is 32.3 Å². The first-order chi connectivity index (χ1) is 10.1. The predicted octanol–water partition coefficient (Wildman–Crippen LogP) is 3.94. The van der Waals surface area contributed by atoms with Crippen LogP contribution in [0.5, 0.6) is 0 Å². The summed E-state index contributed by atoms with van der Waals surface area (Å²) in [5.41, 5.74) is 1.52. The average Bonchev–Trinajstić information content (AvgIpc) is 2.49. The van der Waals surface area contributed by atoms with Gasteiger partial charge in [-0.3, -0.25) is 0 Å². The van der Waals surface area contributed by atoms with E-state index < -0.39 is 0 Å². The SMILES string of the molecule is CCN(c1ccccc1F)c1ncnc(NC)c1C(C)C. The molecule has 1 heterocycles. The standard InChI is InChI=1S/C16H21FN4/c1-5-21(13-9-7-6-8-12(13)17)16-14(11(2)3)15(18-4)19-10-20-16/h6-11H,5H2,1-4H3,(H,18,19,20). The van der Waals surface area contributed by atoms with Crippen LogP contribution in [-0.4, -0.2) is 23.6 Å². The van der Waals surface area contributed by atoms with Gasteiger partial charge in [0, 0.05) is 19.2 Å². The van der Waals surface area contributed by atoms with Crippen LogP contribution in [0.2, 0.25) is 0 Å². The van der Waals surface area contributed by atoms with Crippen molar-refractivity contribution in [2.24, 2.45) is 0 Å². The van der Waals surface area contributed by atoms with Gasteiger partial charge in [-0.25, -0.2) is 14.4 Å². The summed E-state index contributed by atoms with van der Waals surface area (Å²) in [7, 11) is 1.83. The van der Waals surface area contributed by atoms with Crippen molar-refractivity contribution in [2.75, 3.05) is 23.8 Å². The van der Waals surface area contributed by atoms with Crippen LogP contribution in [-0.2, 0) is 0 Å². The molecule has 0 aliphatic carbocycles. The van der Waals surface area contributed by atoms with Gasteiger partial charge >= 0.3 is 0 Å². The molecular weight excluding hydrogens is 267 g/mol. The molecular formula is C16H21FN4. The first-order valence-corrected chi connectivity index (χ1v) is 7.14. The first kappa shape index (κ1) is 15.2. The van der Waals surface area contributed by atoms with E-state index in [1.165, 1.54) is 12.4 Å². The quantitative estimate of drug-likeness (QED) is 0.904. The molecule has 0 radical (unpaired) electrons. The monoisotopic (exact) mass is 288 g/mol. The third-order valence-electron chi connectivity index (χ3n) is 3.39.